The number of rotatable bonds is 3. The average molecular weight is 243 g/mol. The molecule has 4 heteroatoms. The van der Waals surface area contributed by atoms with Gasteiger partial charge in [0.1, 0.15) is 0 Å². The van der Waals surface area contributed by atoms with Crippen LogP contribution in [0.15, 0.2) is 27.8 Å². The van der Waals surface area contributed by atoms with Crippen molar-refractivity contribution in [2.24, 2.45) is 0 Å². The third-order valence-corrected chi connectivity index (χ3v) is 2.58. The van der Waals surface area contributed by atoms with Crippen molar-refractivity contribution in [2.45, 2.75) is 11.4 Å². The fourth-order valence-corrected chi connectivity index (χ4v) is 1.58. The maximum absolute atomic E-state index is 8.30. The molecule has 0 aromatic carbocycles. The second kappa shape index (κ2) is 5.18. The van der Waals surface area contributed by atoms with Gasteiger partial charge in [-0.2, -0.15) is 5.26 Å². The van der Waals surface area contributed by atoms with Crippen LogP contribution >= 0.6 is 27.7 Å². The van der Waals surface area contributed by atoms with Crippen LogP contribution in [0.25, 0.3) is 0 Å². The zero-order valence-corrected chi connectivity index (χ0v) is 8.73. The molecule has 0 aliphatic heterocycles. The molecule has 0 unspecified atom stereocenters. The molecule has 0 amide bonds. The molecular formula is C8H7BrN2S. The minimum Gasteiger partial charge on any atom is -0.249 e. The lowest BCUT2D eigenvalue weighted by atomic mass is 10.5. The van der Waals surface area contributed by atoms with Gasteiger partial charge in [0.15, 0.2) is 0 Å². The summed E-state index contributed by atoms with van der Waals surface area (Å²) >= 11 is 4.90. The summed E-state index contributed by atoms with van der Waals surface area (Å²) in [5, 5.41) is 9.26. The number of hydrogen-bond acceptors (Lipinski definition) is 3. The fourth-order valence-electron chi connectivity index (χ4n) is 0.649. The van der Waals surface area contributed by atoms with Gasteiger partial charge in [-0.05, 0) is 28.1 Å². The van der Waals surface area contributed by atoms with Crippen LogP contribution in [0.4, 0.5) is 0 Å². The second-order valence-electron chi connectivity index (χ2n) is 2.07. The van der Waals surface area contributed by atoms with E-state index in [0.29, 0.717) is 6.42 Å². The van der Waals surface area contributed by atoms with Crippen molar-refractivity contribution < 1.29 is 0 Å². The lowest BCUT2D eigenvalue weighted by molar-refractivity contribution is 1.12. The molecule has 0 atom stereocenters. The van der Waals surface area contributed by atoms with E-state index in [1.807, 2.05) is 12.1 Å². The predicted octanol–water partition coefficient (Wildman–Crippen LogP) is 2.85. The normalized spacial score (nSPS) is 9.33. The number of halogens is 1. The number of aromatic nitrogens is 1. The molecule has 2 nitrogen and oxygen atoms in total. The summed E-state index contributed by atoms with van der Waals surface area (Å²) in [6.07, 6.45) is 2.33. The molecule has 62 valence electrons. The van der Waals surface area contributed by atoms with Gasteiger partial charge in [-0.25, -0.2) is 4.98 Å². The number of nitriles is 1. The summed E-state index contributed by atoms with van der Waals surface area (Å²) < 4.78 is 0.979. The molecule has 0 fully saturated rings. The lowest BCUT2D eigenvalue weighted by Gasteiger charge is -1.96. The van der Waals surface area contributed by atoms with Crippen molar-refractivity contribution in [1.29, 1.82) is 5.26 Å². The molecule has 0 bridgehead atoms. The van der Waals surface area contributed by atoms with Gasteiger partial charge in [0.05, 0.1) is 11.1 Å². The van der Waals surface area contributed by atoms with E-state index in [9.17, 15) is 0 Å². The standard InChI is InChI=1S/C8H7BrN2S/c9-7-2-3-8(11-6-7)12-5-1-4-10/h2-3,6H,1,5H2. The Hall–Kier alpha value is -0.530. The summed E-state index contributed by atoms with van der Waals surface area (Å²) in [6.45, 7) is 0. The highest BCUT2D eigenvalue weighted by molar-refractivity contribution is 9.10. The molecule has 0 radical (unpaired) electrons. The predicted molar refractivity (Wildman–Crippen MR) is 52.9 cm³/mol. The third kappa shape index (κ3) is 3.24. The summed E-state index contributed by atoms with van der Waals surface area (Å²) in [4.78, 5) is 4.16. The lowest BCUT2D eigenvalue weighted by Crippen LogP contribution is -1.80. The Morgan fingerprint density at radius 1 is 1.58 bits per heavy atom. The minimum absolute atomic E-state index is 0.572. The molecule has 12 heavy (non-hydrogen) atoms. The molecule has 1 heterocycles. The van der Waals surface area contributed by atoms with Crippen molar-refractivity contribution in [3.8, 4) is 6.07 Å². The van der Waals surface area contributed by atoms with E-state index >= 15 is 0 Å². The van der Waals surface area contributed by atoms with Crippen LogP contribution in [0.3, 0.4) is 0 Å². The number of hydrogen-bond donors (Lipinski definition) is 0. The zero-order valence-electron chi connectivity index (χ0n) is 6.33. The first kappa shape index (κ1) is 9.56. The van der Waals surface area contributed by atoms with Gasteiger partial charge in [-0.3, -0.25) is 0 Å². The van der Waals surface area contributed by atoms with E-state index in [-0.39, 0.29) is 0 Å². The van der Waals surface area contributed by atoms with Crippen molar-refractivity contribution in [2.75, 3.05) is 5.75 Å². The minimum atomic E-state index is 0.572. The van der Waals surface area contributed by atoms with Crippen LogP contribution in [-0.2, 0) is 0 Å². The molecule has 0 aliphatic rings. The van der Waals surface area contributed by atoms with E-state index in [4.69, 9.17) is 5.26 Å². The molecule has 1 aromatic rings. The maximum atomic E-state index is 8.30. The van der Waals surface area contributed by atoms with Gasteiger partial charge in [-0.1, -0.05) is 0 Å². The highest BCUT2D eigenvalue weighted by atomic mass is 79.9. The summed E-state index contributed by atoms with van der Waals surface area (Å²) in [6, 6.07) is 5.97. The largest absolute Gasteiger partial charge is 0.249 e. The first-order valence-corrected chi connectivity index (χ1v) is 5.22. The van der Waals surface area contributed by atoms with Gasteiger partial charge in [0.25, 0.3) is 0 Å². The Balaban J connectivity index is 2.43. The summed E-state index contributed by atoms with van der Waals surface area (Å²) in [5.41, 5.74) is 0. The topological polar surface area (TPSA) is 36.7 Å². The van der Waals surface area contributed by atoms with Crippen molar-refractivity contribution >= 4 is 27.7 Å². The SMILES string of the molecule is N#CCCSc1ccc(Br)cn1. The molecule has 0 aliphatic carbocycles. The van der Waals surface area contributed by atoms with Gasteiger partial charge in [0, 0.05) is 22.8 Å². The number of thioether (sulfide) groups is 1. The van der Waals surface area contributed by atoms with E-state index in [1.165, 1.54) is 0 Å². The molecule has 0 spiro atoms. The number of nitrogens with zero attached hydrogens (tertiary/aromatic N) is 2. The second-order valence-corrected chi connectivity index (χ2v) is 4.10. The molecule has 0 saturated carbocycles. The highest BCUT2D eigenvalue weighted by Crippen LogP contribution is 2.17. The van der Waals surface area contributed by atoms with Crippen LogP contribution in [0, 0.1) is 11.3 Å². The monoisotopic (exact) mass is 242 g/mol. The summed E-state index contributed by atoms with van der Waals surface area (Å²) in [7, 11) is 0. The molecule has 1 rings (SSSR count). The first-order chi connectivity index (χ1) is 5.83. The quantitative estimate of drug-likeness (QED) is 0.605. The van der Waals surface area contributed by atoms with E-state index in [2.05, 4.69) is 27.0 Å². The smallest absolute Gasteiger partial charge is 0.0960 e. The fraction of sp³-hybridized carbons (Fsp3) is 0.250. The van der Waals surface area contributed by atoms with Crippen molar-refractivity contribution in [3.05, 3.63) is 22.8 Å². The molecule has 0 saturated heterocycles. The van der Waals surface area contributed by atoms with Crippen LogP contribution < -0.4 is 0 Å². The van der Waals surface area contributed by atoms with Gasteiger partial charge in [0.2, 0.25) is 0 Å². The van der Waals surface area contributed by atoms with Crippen molar-refractivity contribution in [3.63, 3.8) is 0 Å². The Morgan fingerprint density at radius 3 is 3.00 bits per heavy atom. The Kier molecular flexibility index (Phi) is 4.12. The summed E-state index contributed by atoms with van der Waals surface area (Å²) in [5.74, 6) is 0.811. The van der Waals surface area contributed by atoms with E-state index < -0.39 is 0 Å². The van der Waals surface area contributed by atoms with E-state index in [0.717, 1.165) is 15.3 Å². The molecule has 0 N–H and O–H groups in total. The maximum Gasteiger partial charge on any atom is 0.0960 e. The first-order valence-electron chi connectivity index (χ1n) is 3.44. The van der Waals surface area contributed by atoms with Crippen LogP contribution in [0.5, 0.6) is 0 Å². The Morgan fingerprint density at radius 2 is 2.42 bits per heavy atom. The van der Waals surface area contributed by atoms with Crippen LogP contribution in [0.2, 0.25) is 0 Å². The molecular weight excluding hydrogens is 236 g/mol. The Labute approximate surface area is 84.1 Å². The molecule has 1 aromatic heterocycles. The Bertz CT molecular complexity index is 278. The average Bonchev–Trinajstić information content (AvgIpc) is 2.09. The highest BCUT2D eigenvalue weighted by Gasteiger charge is 1.94. The van der Waals surface area contributed by atoms with E-state index in [1.54, 1.807) is 18.0 Å². The third-order valence-electron chi connectivity index (χ3n) is 1.16. The van der Waals surface area contributed by atoms with Gasteiger partial charge >= 0.3 is 0 Å². The zero-order chi connectivity index (χ0) is 8.81. The van der Waals surface area contributed by atoms with Crippen molar-refractivity contribution in [1.82, 2.24) is 4.98 Å². The van der Waals surface area contributed by atoms with Crippen LogP contribution in [0.1, 0.15) is 6.42 Å². The van der Waals surface area contributed by atoms with Crippen LogP contribution in [-0.4, -0.2) is 10.7 Å². The van der Waals surface area contributed by atoms with Gasteiger partial charge in [-0.15, -0.1) is 11.8 Å². The number of pyridine rings is 1. The van der Waals surface area contributed by atoms with Gasteiger partial charge < -0.3 is 0 Å².